The zero-order valence-electron chi connectivity index (χ0n) is 16.6. The van der Waals surface area contributed by atoms with E-state index >= 15 is 0 Å². The zero-order valence-corrected chi connectivity index (χ0v) is 16.6. The molecule has 1 amide bonds. The number of nitrogens with zero attached hydrogens (tertiary/aromatic N) is 3. The van der Waals surface area contributed by atoms with Gasteiger partial charge in [-0.3, -0.25) is 4.79 Å². The minimum atomic E-state index is -0.271. The molecular weight excluding hydrogens is 342 g/mol. The van der Waals surface area contributed by atoms with Crippen molar-refractivity contribution >= 4 is 5.91 Å². The molecule has 27 heavy (non-hydrogen) atoms. The van der Waals surface area contributed by atoms with Gasteiger partial charge in [0.05, 0.1) is 12.6 Å². The molecule has 6 nitrogen and oxygen atoms in total. The van der Waals surface area contributed by atoms with Gasteiger partial charge in [-0.1, -0.05) is 18.8 Å². The summed E-state index contributed by atoms with van der Waals surface area (Å²) in [5, 5.41) is 9.65. The lowest BCUT2D eigenvalue weighted by atomic mass is 10.00. The number of aliphatic hydroxyl groups is 1. The Morgan fingerprint density at radius 1 is 1.44 bits per heavy atom. The molecule has 1 aliphatic carbocycles. The van der Waals surface area contributed by atoms with Gasteiger partial charge in [0.1, 0.15) is 11.7 Å². The molecule has 6 heteroatoms. The van der Waals surface area contributed by atoms with Crippen molar-refractivity contribution in [3.8, 4) is 17.7 Å². The lowest BCUT2D eigenvalue weighted by Gasteiger charge is -2.37. The number of amides is 1. The largest absolute Gasteiger partial charge is 0.472 e. The van der Waals surface area contributed by atoms with E-state index in [1.807, 2.05) is 21.0 Å². The standard InChI is InChI=1S/C21H29N3O3/c1-14-11-24(15(2)13-25)21(26)18-9-17(8-7-16-5-6-16)10-22-20(18)27-19(14)12-23(3)4/h9-10,14-16,19,25H,5-6,11-13H2,1-4H3/t14-,15-,19-/m1/s1. The molecule has 0 spiro atoms. The van der Waals surface area contributed by atoms with Crippen molar-refractivity contribution in [2.45, 2.75) is 38.8 Å². The maximum Gasteiger partial charge on any atom is 0.259 e. The molecule has 0 unspecified atom stereocenters. The second-order valence-electron chi connectivity index (χ2n) is 8.01. The molecule has 1 aromatic heterocycles. The Bertz CT molecular complexity index is 749. The van der Waals surface area contributed by atoms with Gasteiger partial charge in [0.25, 0.3) is 5.91 Å². The molecule has 2 heterocycles. The van der Waals surface area contributed by atoms with Crippen LogP contribution in [0.3, 0.4) is 0 Å². The number of aliphatic hydroxyl groups excluding tert-OH is 1. The van der Waals surface area contributed by atoms with Crippen molar-refractivity contribution < 1.29 is 14.6 Å². The van der Waals surface area contributed by atoms with E-state index in [1.54, 1.807) is 17.2 Å². The van der Waals surface area contributed by atoms with E-state index in [0.717, 1.165) is 24.9 Å². The highest BCUT2D eigenvalue weighted by molar-refractivity contribution is 5.97. The quantitative estimate of drug-likeness (QED) is 0.815. The SMILES string of the molecule is C[C@@H]1CN([C@H](C)CO)C(=O)c2cc(C#CC3CC3)cnc2O[C@@H]1CN(C)C. The van der Waals surface area contributed by atoms with Crippen molar-refractivity contribution in [1.29, 1.82) is 0 Å². The monoisotopic (exact) mass is 371 g/mol. The van der Waals surface area contributed by atoms with Crippen LogP contribution in [0.2, 0.25) is 0 Å². The first kappa shape index (κ1) is 19.7. The summed E-state index contributed by atoms with van der Waals surface area (Å²) in [4.78, 5) is 21.4. The number of carbonyl (C=O) groups is 1. The second-order valence-corrected chi connectivity index (χ2v) is 8.01. The third-order valence-electron chi connectivity index (χ3n) is 5.06. The molecule has 2 aliphatic rings. The lowest BCUT2D eigenvalue weighted by molar-refractivity contribution is 0.0348. The molecule has 1 aromatic rings. The molecule has 1 saturated carbocycles. The smallest absolute Gasteiger partial charge is 0.259 e. The Hall–Kier alpha value is -2.10. The first-order valence-electron chi connectivity index (χ1n) is 9.63. The van der Waals surface area contributed by atoms with Gasteiger partial charge >= 0.3 is 0 Å². The number of fused-ring (bicyclic) bond motifs is 1. The van der Waals surface area contributed by atoms with Gasteiger partial charge in [-0.05, 0) is 39.9 Å². The number of hydrogen-bond acceptors (Lipinski definition) is 5. The zero-order chi connectivity index (χ0) is 19.6. The van der Waals surface area contributed by atoms with Crippen LogP contribution in [0.4, 0.5) is 0 Å². The molecule has 3 atom stereocenters. The van der Waals surface area contributed by atoms with E-state index in [4.69, 9.17) is 4.74 Å². The van der Waals surface area contributed by atoms with E-state index in [-0.39, 0.29) is 30.6 Å². The van der Waals surface area contributed by atoms with Gasteiger partial charge in [-0.15, -0.1) is 0 Å². The second kappa shape index (κ2) is 8.28. The highest BCUT2D eigenvalue weighted by Gasteiger charge is 2.33. The number of carbonyl (C=O) groups excluding carboxylic acids is 1. The molecule has 0 saturated heterocycles. The number of pyridine rings is 1. The molecule has 146 valence electrons. The van der Waals surface area contributed by atoms with Crippen molar-refractivity contribution in [2.24, 2.45) is 11.8 Å². The first-order chi connectivity index (χ1) is 12.9. The number of aromatic nitrogens is 1. The number of hydrogen-bond donors (Lipinski definition) is 1. The summed E-state index contributed by atoms with van der Waals surface area (Å²) in [6.07, 6.45) is 3.88. The normalized spacial score (nSPS) is 23.6. The number of likely N-dealkylation sites (N-methyl/N-ethyl adjacent to an activating group) is 1. The molecule has 1 fully saturated rings. The number of rotatable bonds is 4. The van der Waals surface area contributed by atoms with Gasteiger partial charge in [0, 0.05) is 36.7 Å². The molecule has 0 bridgehead atoms. The number of ether oxygens (including phenoxy) is 1. The summed E-state index contributed by atoms with van der Waals surface area (Å²) < 4.78 is 6.17. The van der Waals surface area contributed by atoms with Crippen LogP contribution in [-0.2, 0) is 0 Å². The van der Waals surface area contributed by atoms with Crippen LogP contribution in [-0.4, -0.2) is 71.7 Å². The van der Waals surface area contributed by atoms with Crippen LogP contribution in [0.25, 0.3) is 0 Å². The topological polar surface area (TPSA) is 65.9 Å². The maximum atomic E-state index is 13.2. The van der Waals surface area contributed by atoms with Gasteiger partial charge < -0.3 is 19.6 Å². The Morgan fingerprint density at radius 3 is 2.81 bits per heavy atom. The molecular formula is C21H29N3O3. The Kier molecular flexibility index (Phi) is 6.03. The summed E-state index contributed by atoms with van der Waals surface area (Å²) in [5.74, 6) is 7.11. The summed E-state index contributed by atoms with van der Waals surface area (Å²) >= 11 is 0. The van der Waals surface area contributed by atoms with Crippen LogP contribution in [0, 0.1) is 23.7 Å². The molecule has 3 rings (SSSR count). The molecule has 0 radical (unpaired) electrons. The molecule has 0 aromatic carbocycles. The summed E-state index contributed by atoms with van der Waals surface area (Å²) in [6, 6.07) is 1.51. The van der Waals surface area contributed by atoms with E-state index in [0.29, 0.717) is 23.9 Å². The van der Waals surface area contributed by atoms with E-state index < -0.39 is 0 Å². The highest BCUT2D eigenvalue weighted by atomic mass is 16.5. The van der Waals surface area contributed by atoms with E-state index in [2.05, 4.69) is 28.6 Å². The summed E-state index contributed by atoms with van der Waals surface area (Å²) in [7, 11) is 4.00. The van der Waals surface area contributed by atoms with E-state index in [1.165, 1.54) is 0 Å². The predicted octanol–water partition coefficient (Wildman–Crippen LogP) is 1.62. The van der Waals surface area contributed by atoms with Crippen LogP contribution >= 0.6 is 0 Å². The Balaban J connectivity index is 1.98. The van der Waals surface area contributed by atoms with Crippen molar-refractivity contribution in [2.75, 3.05) is 33.8 Å². The van der Waals surface area contributed by atoms with Crippen LogP contribution in [0.1, 0.15) is 42.6 Å². The molecule has 1 N–H and O–H groups in total. The molecule has 1 aliphatic heterocycles. The fourth-order valence-electron chi connectivity index (χ4n) is 3.16. The predicted molar refractivity (Wildman–Crippen MR) is 104 cm³/mol. The summed E-state index contributed by atoms with van der Waals surface area (Å²) in [6.45, 7) is 5.09. The van der Waals surface area contributed by atoms with Crippen molar-refractivity contribution in [3.05, 3.63) is 23.4 Å². The lowest BCUT2D eigenvalue weighted by Crippen LogP contribution is -2.49. The minimum absolute atomic E-state index is 0.0817. The average Bonchev–Trinajstić information content (AvgIpc) is 3.46. The van der Waals surface area contributed by atoms with Crippen molar-refractivity contribution in [1.82, 2.24) is 14.8 Å². The highest BCUT2D eigenvalue weighted by Crippen LogP contribution is 2.29. The third kappa shape index (κ3) is 4.79. The minimum Gasteiger partial charge on any atom is -0.472 e. The Morgan fingerprint density at radius 2 is 2.19 bits per heavy atom. The average molecular weight is 371 g/mol. The van der Waals surface area contributed by atoms with Gasteiger partial charge in [-0.2, -0.15) is 0 Å². The fraction of sp³-hybridized carbons (Fsp3) is 0.619. The van der Waals surface area contributed by atoms with Crippen LogP contribution in [0.5, 0.6) is 5.88 Å². The Labute approximate surface area is 161 Å². The van der Waals surface area contributed by atoms with Gasteiger partial charge in [0.2, 0.25) is 5.88 Å². The van der Waals surface area contributed by atoms with Crippen molar-refractivity contribution in [3.63, 3.8) is 0 Å². The van der Waals surface area contributed by atoms with Crippen LogP contribution < -0.4 is 4.74 Å². The van der Waals surface area contributed by atoms with Crippen LogP contribution in [0.15, 0.2) is 12.3 Å². The fourth-order valence-corrected chi connectivity index (χ4v) is 3.16. The van der Waals surface area contributed by atoms with E-state index in [9.17, 15) is 9.90 Å². The van der Waals surface area contributed by atoms with Gasteiger partial charge in [0.15, 0.2) is 0 Å². The first-order valence-corrected chi connectivity index (χ1v) is 9.63. The van der Waals surface area contributed by atoms with Gasteiger partial charge in [-0.25, -0.2) is 4.98 Å². The third-order valence-corrected chi connectivity index (χ3v) is 5.06. The summed E-state index contributed by atoms with van der Waals surface area (Å²) in [5.41, 5.74) is 1.15. The maximum absolute atomic E-state index is 13.2.